The lowest BCUT2D eigenvalue weighted by atomic mass is 9.95. The Balaban J connectivity index is 2.52. The number of allylic oxidation sites excluding steroid dienone is 9. The summed E-state index contributed by atoms with van der Waals surface area (Å²) in [5.41, 5.74) is 5.41. The average molecular weight is 372 g/mol. The molecule has 150 valence electrons. The predicted octanol–water partition coefficient (Wildman–Crippen LogP) is 4.97. The predicted molar refractivity (Wildman–Crippen MR) is 117 cm³/mol. The molecule has 0 radical (unpaired) electrons. The first kappa shape index (κ1) is 23.0. The number of nitrogens with one attached hydrogen (secondary N) is 3. The number of hydrogen-bond donors (Lipinski definition) is 4. The van der Waals surface area contributed by atoms with E-state index in [1.807, 2.05) is 32.9 Å². The van der Waals surface area contributed by atoms with Crippen LogP contribution in [0.5, 0.6) is 0 Å². The Kier molecular flexibility index (Phi) is 10.5. The van der Waals surface area contributed by atoms with Gasteiger partial charge in [-0.15, -0.1) is 0 Å². The van der Waals surface area contributed by atoms with Crippen LogP contribution < -0.4 is 10.6 Å². The lowest BCUT2D eigenvalue weighted by Gasteiger charge is -2.19. The molecule has 0 aromatic carbocycles. The maximum absolute atomic E-state index is 10.3. The molecule has 4 N–H and O–H groups in total. The number of aliphatic hydroxyl groups excluding tert-OH is 1. The standard InChI is InChI=1S/C23H37N3O/c1-6-21(17(3)15-18(4)24)10-8-9-19(5)26-23(27)16-20-11-13-22(14-12-20)25-7-2/h6,8-11,13,17,23-27H,7,12,14-16H2,1-5H3/b10-8-,19-9+,21-6+,24-18?/t17-,23?/m0/s1. The summed E-state index contributed by atoms with van der Waals surface area (Å²) >= 11 is 0. The van der Waals surface area contributed by atoms with Crippen LogP contribution in [0.4, 0.5) is 0 Å². The first-order chi connectivity index (χ1) is 12.8. The highest BCUT2D eigenvalue weighted by molar-refractivity contribution is 5.79. The van der Waals surface area contributed by atoms with Crippen molar-refractivity contribution in [2.45, 2.75) is 66.5 Å². The molecular weight excluding hydrogens is 334 g/mol. The van der Waals surface area contributed by atoms with E-state index in [4.69, 9.17) is 5.41 Å². The molecule has 4 heteroatoms. The Morgan fingerprint density at radius 3 is 2.59 bits per heavy atom. The summed E-state index contributed by atoms with van der Waals surface area (Å²) in [6.07, 6.45) is 15.3. The quantitative estimate of drug-likeness (QED) is 0.235. The lowest BCUT2D eigenvalue weighted by molar-refractivity contribution is 0.148. The molecule has 1 rings (SSSR count). The zero-order valence-electron chi connectivity index (χ0n) is 17.6. The molecule has 0 bridgehead atoms. The zero-order chi connectivity index (χ0) is 20.2. The number of aliphatic hydroxyl groups is 1. The van der Waals surface area contributed by atoms with Gasteiger partial charge in [0.2, 0.25) is 0 Å². The van der Waals surface area contributed by atoms with Crippen LogP contribution in [0.3, 0.4) is 0 Å². The van der Waals surface area contributed by atoms with E-state index in [1.54, 1.807) is 0 Å². The van der Waals surface area contributed by atoms with Crippen molar-refractivity contribution in [1.82, 2.24) is 10.6 Å². The molecule has 0 aliphatic heterocycles. The van der Waals surface area contributed by atoms with Gasteiger partial charge in [0.25, 0.3) is 0 Å². The highest BCUT2D eigenvalue weighted by Crippen LogP contribution is 2.20. The summed E-state index contributed by atoms with van der Waals surface area (Å²) in [5, 5.41) is 24.4. The zero-order valence-corrected chi connectivity index (χ0v) is 17.6. The van der Waals surface area contributed by atoms with Gasteiger partial charge in [0.1, 0.15) is 6.23 Å². The van der Waals surface area contributed by atoms with Gasteiger partial charge in [0.15, 0.2) is 0 Å². The molecule has 27 heavy (non-hydrogen) atoms. The van der Waals surface area contributed by atoms with Crippen molar-refractivity contribution >= 4 is 5.71 Å². The molecule has 4 nitrogen and oxygen atoms in total. The van der Waals surface area contributed by atoms with Crippen molar-refractivity contribution in [3.8, 4) is 0 Å². The molecule has 0 saturated heterocycles. The Morgan fingerprint density at radius 2 is 2.04 bits per heavy atom. The third kappa shape index (κ3) is 9.43. The molecule has 0 amide bonds. The van der Waals surface area contributed by atoms with Gasteiger partial charge in [-0.05, 0) is 70.6 Å². The van der Waals surface area contributed by atoms with Gasteiger partial charge in [0.05, 0.1) is 0 Å². The van der Waals surface area contributed by atoms with Crippen LogP contribution in [0.15, 0.2) is 59.0 Å². The first-order valence-electron chi connectivity index (χ1n) is 9.97. The SMILES string of the molecule is C\C=C(/C=C\C=C(/C)NC(O)CC1=CC=C(NCC)CC1)[C@@H](C)CC(C)=N. The molecule has 0 heterocycles. The smallest absolute Gasteiger partial charge is 0.127 e. The van der Waals surface area contributed by atoms with Crippen molar-refractivity contribution in [2.24, 2.45) is 5.92 Å². The second-order valence-electron chi connectivity index (χ2n) is 7.29. The van der Waals surface area contributed by atoms with Crippen LogP contribution in [0.25, 0.3) is 0 Å². The Labute approximate surface area is 165 Å². The van der Waals surface area contributed by atoms with E-state index >= 15 is 0 Å². The number of hydrogen-bond acceptors (Lipinski definition) is 4. The van der Waals surface area contributed by atoms with Gasteiger partial charge in [-0.25, -0.2) is 0 Å². The highest BCUT2D eigenvalue weighted by atomic mass is 16.3. The fourth-order valence-electron chi connectivity index (χ4n) is 3.26. The maximum atomic E-state index is 10.3. The fourth-order valence-corrected chi connectivity index (χ4v) is 3.26. The van der Waals surface area contributed by atoms with Crippen LogP contribution >= 0.6 is 0 Å². The third-order valence-electron chi connectivity index (χ3n) is 4.64. The monoisotopic (exact) mass is 371 g/mol. The van der Waals surface area contributed by atoms with E-state index in [0.717, 1.165) is 31.5 Å². The van der Waals surface area contributed by atoms with Crippen LogP contribution in [0.1, 0.15) is 60.3 Å². The summed E-state index contributed by atoms with van der Waals surface area (Å²) in [7, 11) is 0. The molecular formula is C23H37N3O. The minimum Gasteiger partial charge on any atom is -0.389 e. The summed E-state index contributed by atoms with van der Waals surface area (Å²) in [6.45, 7) is 11.0. The molecule has 0 fully saturated rings. The molecule has 2 atom stereocenters. The van der Waals surface area contributed by atoms with Crippen LogP contribution in [0.2, 0.25) is 0 Å². The van der Waals surface area contributed by atoms with Gasteiger partial charge in [0, 0.05) is 30.1 Å². The summed E-state index contributed by atoms with van der Waals surface area (Å²) < 4.78 is 0. The molecule has 0 saturated carbocycles. The second-order valence-corrected chi connectivity index (χ2v) is 7.29. The molecule has 0 spiro atoms. The molecule has 0 aromatic rings. The molecule has 1 aliphatic carbocycles. The van der Waals surface area contributed by atoms with Gasteiger partial charge < -0.3 is 21.1 Å². The van der Waals surface area contributed by atoms with Crippen LogP contribution in [-0.4, -0.2) is 23.6 Å². The van der Waals surface area contributed by atoms with Gasteiger partial charge in [-0.1, -0.05) is 36.8 Å². The molecule has 1 aliphatic rings. The van der Waals surface area contributed by atoms with E-state index in [-0.39, 0.29) is 0 Å². The van der Waals surface area contributed by atoms with E-state index < -0.39 is 6.23 Å². The fraction of sp³-hybridized carbons (Fsp3) is 0.522. The Bertz CT molecular complexity index is 638. The van der Waals surface area contributed by atoms with Crippen molar-refractivity contribution < 1.29 is 5.11 Å². The van der Waals surface area contributed by atoms with Gasteiger partial charge >= 0.3 is 0 Å². The lowest BCUT2D eigenvalue weighted by Crippen LogP contribution is -2.27. The first-order valence-corrected chi connectivity index (χ1v) is 9.97. The summed E-state index contributed by atoms with van der Waals surface area (Å²) in [6, 6.07) is 0. The molecule has 1 unspecified atom stereocenters. The van der Waals surface area contributed by atoms with Crippen LogP contribution in [-0.2, 0) is 0 Å². The number of rotatable bonds is 11. The Hall–Kier alpha value is -2.07. The topological polar surface area (TPSA) is 68.1 Å². The second kappa shape index (κ2) is 12.3. The Morgan fingerprint density at radius 1 is 1.30 bits per heavy atom. The van der Waals surface area contributed by atoms with Gasteiger partial charge in [-0.2, -0.15) is 0 Å². The minimum atomic E-state index is -0.573. The van der Waals surface area contributed by atoms with Crippen molar-refractivity contribution in [2.75, 3.05) is 6.54 Å². The maximum Gasteiger partial charge on any atom is 0.127 e. The van der Waals surface area contributed by atoms with E-state index in [1.165, 1.54) is 16.8 Å². The van der Waals surface area contributed by atoms with Crippen molar-refractivity contribution in [1.29, 1.82) is 5.41 Å². The largest absolute Gasteiger partial charge is 0.389 e. The average Bonchev–Trinajstić information content (AvgIpc) is 2.59. The summed E-state index contributed by atoms with van der Waals surface area (Å²) in [5.74, 6) is 0.342. The minimum absolute atomic E-state index is 0.342. The van der Waals surface area contributed by atoms with Gasteiger partial charge in [-0.3, -0.25) is 0 Å². The highest BCUT2D eigenvalue weighted by Gasteiger charge is 2.11. The van der Waals surface area contributed by atoms with E-state index in [2.05, 4.69) is 48.8 Å². The normalized spacial score (nSPS) is 18.0. The van der Waals surface area contributed by atoms with Crippen LogP contribution in [0, 0.1) is 11.3 Å². The van der Waals surface area contributed by atoms with E-state index in [0.29, 0.717) is 18.1 Å². The van der Waals surface area contributed by atoms with Crippen molar-refractivity contribution in [3.63, 3.8) is 0 Å². The van der Waals surface area contributed by atoms with Crippen molar-refractivity contribution in [3.05, 3.63) is 59.0 Å². The third-order valence-corrected chi connectivity index (χ3v) is 4.64. The van der Waals surface area contributed by atoms with E-state index in [9.17, 15) is 5.11 Å². The molecule has 0 aromatic heterocycles. The summed E-state index contributed by atoms with van der Waals surface area (Å²) in [4.78, 5) is 0.